The topological polar surface area (TPSA) is 115 Å². The Hall–Kier alpha value is -1.90. The second kappa shape index (κ2) is 4.81. The van der Waals surface area contributed by atoms with Crippen molar-refractivity contribution in [3.63, 3.8) is 0 Å². The van der Waals surface area contributed by atoms with Crippen molar-refractivity contribution in [1.82, 2.24) is 14.7 Å². The molecular formula is C15H20N4O4S. The van der Waals surface area contributed by atoms with Gasteiger partial charge in [-0.1, -0.05) is 0 Å². The number of rotatable bonds is 5. The summed E-state index contributed by atoms with van der Waals surface area (Å²) < 4.78 is 25.9. The summed E-state index contributed by atoms with van der Waals surface area (Å²) >= 11 is 0. The highest BCUT2D eigenvalue weighted by Crippen LogP contribution is 2.50. The van der Waals surface area contributed by atoms with Crippen LogP contribution < -0.4 is 5.73 Å². The molecule has 2 saturated carbocycles. The van der Waals surface area contributed by atoms with Gasteiger partial charge in [-0.2, -0.15) is 5.10 Å². The van der Waals surface area contributed by atoms with E-state index < -0.39 is 20.5 Å². The molecule has 8 nitrogen and oxygen atoms in total. The molecule has 1 aliphatic heterocycles. The molecule has 2 fully saturated rings. The molecule has 0 radical (unpaired) electrons. The standard InChI is InChI=1S/C15H20N4O4S/c1-18-12-10(11(17-18)13(16)20)4-7-19(14(12)21)8-15(5-6-15)24(22,23)9-2-3-9/h9H,2-8H2,1H3,(H2,16,20). The fourth-order valence-electron chi connectivity index (χ4n) is 3.67. The van der Waals surface area contributed by atoms with Crippen molar-refractivity contribution < 1.29 is 18.0 Å². The molecule has 0 saturated heterocycles. The van der Waals surface area contributed by atoms with Gasteiger partial charge in [0.25, 0.3) is 11.8 Å². The number of primary amides is 1. The highest BCUT2D eigenvalue weighted by molar-refractivity contribution is 7.94. The number of amides is 2. The molecule has 0 unspecified atom stereocenters. The van der Waals surface area contributed by atoms with Gasteiger partial charge in [-0.05, 0) is 32.1 Å². The largest absolute Gasteiger partial charge is 0.364 e. The van der Waals surface area contributed by atoms with Crippen LogP contribution >= 0.6 is 0 Å². The zero-order valence-corrected chi connectivity index (χ0v) is 14.3. The molecule has 3 aliphatic rings. The predicted octanol–water partition coefficient (Wildman–Crippen LogP) is -0.373. The maximum absolute atomic E-state index is 12.8. The van der Waals surface area contributed by atoms with Crippen molar-refractivity contribution in [3.05, 3.63) is 17.0 Å². The molecule has 1 aromatic heterocycles. The van der Waals surface area contributed by atoms with Gasteiger partial charge >= 0.3 is 0 Å². The van der Waals surface area contributed by atoms with Crippen LogP contribution in [0.3, 0.4) is 0 Å². The predicted molar refractivity (Wildman–Crippen MR) is 85.2 cm³/mol. The van der Waals surface area contributed by atoms with Crippen LogP contribution in [0, 0.1) is 0 Å². The first-order chi connectivity index (χ1) is 11.3. The fourth-order valence-corrected chi connectivity index (χ4v) is 6.14. The second-order valence-electron chi connectivity index (χ2n) is 7.07. The Morgan fingerprint density at radius 3 is 2.58 bits per heavy atom. The summed E-state index contributed by atoms with van der Waals surface area (Å²) in [7, 11) is -1.57. The van der Waals surface area contributed by atoms with E-state index in [1.807, 2.05) is 0 Å². The molecule has 0 aromatic carbocycles. The third kappa shape index (κ3) is 2.10. The van der Waals surface area contributed by atoms with Crippen LogP contribution in [-0.4, -0.2) is 58.0 Å². The first kappa shape index (κ1) is 15.6. The van der Waals surface area contributed by atoms with Crippen molar-refractivity contribution in [2.75, 3.05) is 13.1 Å². The number of nitrogens with zero attached hydrogens (tertiary/aromatic N) is 3. The maximum atomic E-state index is 12.8. The highest BCUT2D eigenvalue weighted by Gasteiger charge is 2.60. The van der Waals surface area contributed by atoms with E-state index in [2.05, 4.69) is 5.10 Å². The summed E-state index contributed by atoms with van der Waals surface area (Å²) in [4.78, 5) is 25.9. The summed E-state index contributed by atoms with van der Waals surface area (Å²) in [6, 6.07) is 0. The minimum atomic E-state index is -3.16. The lowest BCUT2D eigenvalue weighted by atomic mass is 10.0. The molecule has 2 heterocycles. The van der Waals surface area contributed by atoms with Crippen LogP contribution in [0.1, 0.15) is 52.2 Å². The van der Waals surface area contributed by atoms with E-state index in [1.165, 1.54) is 4.68 Å². The molecule has 0 bridgehead atoms. The van der Waals surface area contributed by atoms with Crippen molar-refractivity contribution in [2.45, 2.75) is 42.1 Å². The molecule has 0 atom stereocenters. The van der Waals surface area contributed by atoms with Gasteiger partial charge in [0, 0.05) is 25.7 Å². The van der Waals surface area contributed by atoms with Crippen LogP contribution in [0.5, 0.6) is 0 Å². The average molecular weight is 352 g/mol. The third-order valence-corrected chi connectivity index (χ3v) is 8.45. The third-order valence-electron chi connectivity index (χ3n) is 5.35. The maximum Gasteiger partial charge on any atom is 0.272 e. The Morgan fingerprint density at radius 2 is 2.04 bits per heavy atom. The number of sulfone groups is 1. The number of aryl methyl sites for hydroxylation is 1. The number of fused-ring (bicyclic) bond motifs is 1. The van der Waals surface area contributed by atoms with E-state index in [0.29, 0.717) is 37.1 Å². The Balaban J connectivity index is 1.62. The molecule has 9 heteroatoms. The van der Waals surface area contributed by atoms with E-state index in [9.17, 15) is 18.0 Å². The fraction of sp³-hybridized carbons (Fsp3) is 0.667. The Morgan fingerprint density at radius 1 is 1.38 bits per heavy atom. The molecular weight excluding hydrogens is 332 g/mol. The van der Waals surface area contributed by atoms with Gasteiger partial charge in [0.2, 0.25) is 0 Å². The zero-order chi connectivity index (χ0) is 17.3. The van der Waals surface area contributed by atoms with Gasteiger partial charge in [-0.15, -0.1) is 0 Å². The van der Waals surface area contributed by atoms with E-state index >= 15 is 0 Å². The van der Waals surface area contributed by atoms with E-state index in [4.69, 9.17) is 5.73 Å². The van der Waals surface area contributed by atoms with Crippen LogP contribution in [0.25, 0.3) is 0 Å². The van der Waals surface area contributed by atoms with Crippen LogP contribution in [0.15, 0.2) is 0 Å². The van der Waals surface area contributed by atoms with Gasteiger partial charge in [0.05, 0.1) is 10.00 Å². The number of carbonyl (C=O) groups is 2. The van der Waals surface area contributed by atoms with Crippen molar-refractivity contribution >= 4 is 21.7 Å². The molecule has 2 aliphatic carbocycles. The monoisotopic (exact) mass is 352 g/mol. The normalized spacial score (nSPS) is 22.4. The van der Waals surface area contributed by atoms with E-state index in [-0.39, 0.29) is 23.4 Å². The van der Waals surface area contributed by atoms with Gasteiger partial charge in [0.1, 0.15) is 5.69 Å². The molecule has 4 rings (SSSR count). The quantitative estimate of drug-likeness (QED) is 0.776. The summed E-state index contributed by atoms with van der Waals surface area (Å²) in [6.45, 7) is 0.626. The van der Waals surface area contributed by atoms with Gasteiger partial charge in [-0.25, -0.2) is 8.42 Å². The van der Waals surface area contributed by atoms with Crippen molar-refractivity contribution in [3.8, 4) is 0 Å². The minimum Gasteiger partial charge on any atom is -0.364 e. The molecule has 24 heavy (non-hydrogen) atoms. The minimum absolute atomic E-state index is 0.132. The summed E-state index contributed by atoms with van der Waals surface area (Å²) in [6.07, 6.45) is 3.20. The molecule has 2 amide bonds. The van der Waals surface area contributed by atoms with E-state index in [1.54, 1.807) is 11.9 Å². The summed E-state index contributed by atoms with van der Waals surface area (Å²) in [5, 5.41) is 3.84. The number of hydrogen-bond donors (Lipinski definition) is 1. The molecule has 130 valence electrons. The molecule has 1 aromatic rings. The Labute approximate surface area is 139 Å². The second-order valence-corrected chi connectivity index (χ2v) is 9.69. The van der Waals surface area contributed by atoms with Gasteiger partial charge in [0.15, 0.2) is 15.5 Å². The van der Waals surface area contributed by atoms with E-state index in [0.717, 1.165) is 12.8 Å². The molecule has 0 spiro atoms. The number of nitrogens with two attached hydrogens (primary N) is 1. The summed E-state index contributed by atoms with van der Waals surface area (Å²) in [5.74, 6) is -0.918. The smallest absolute Gasteiger partial charge is 0.272 e. The van der Waals surface area contributed by atoms with Gasteiger partial charge in [-0.3, -0.25) is 14.3 Å². The SMILES string of the molecule is Cn1nc(C(N)=O)c2c1C(=O)N(CC1(S(=O)(=O)C3CC3)CC1)CC2. The Kier molecular flexibility index (Phi) is 3.13. The zero-order valence-electron chi connectivity index (χ0n) is 13.5. The van der Waals surface area contributed by atoms with Crippen LogP contribution in [0.4, 0.5) is 0 Å². The van der Waals surface area contributed by atoms with Crippen molar-refractivity contribution in [1.29, 1.82) is 0 Å². The highest BCUT2D eigenvalue weighted by atomic mass is 32.2. The number of aromatic nitrogens is 2. The average Bonchev–Trinajstić information content (AvgIpc) is 3.40. The lowest BCUT2D eigenvalue weighted by molar-refractivity contribution is 0.0724. The Bertz CT molecular complexity index is 849. The van der Waals surface area contributed by atoms with Crippen molar-refractivity contribution in [2.24, 2.45) is 12.8 Å². The first-order valence-corrected chi connectivity index (χ1v) is 9.70. The lowest BCUT2D eigenvalue weighted by Gasteiger charge is -2.31. The number of carbonyl (C=O) groups excluding carboxylic acids is 2. The number of hydrogen-bond acceptors (Lipinski definition) is 5. The lowest BCUT2D eigenvalue weighted by Crippen LogP contribution is -2.46. The van der Waals surface area contributed by atoms with Gasteiger partial charge < -0.3 is 10.6 Å². The van der Waals surface area contributed by atoms with Crippen LogP contribution in [-0.2, 0) is 23.3 Å². The summed E-state index contributed by atoms with van der Waals surface area (Å²) in [5.41, 5.74) is 6.37. The first-order valence-electron chi connectivity index (χ1n) is 8.15. The van der Waals surface area contributed by atoms with Crippen LogP contribution in [0.2, 0.25) is 0 Å². The molecule has 2 N–H and O–H groups in total.